The van der Waals surface area contributed by atoms with Gasteiger partial charge < -0.3 is 14.8 Å². The molecule has 1 aromatic heterocycles. The fraction of sp³-hybridized carbons (Fsp3) is 0.438. The van der Waals surface area contributed by atoms with Crippen LogP contribution in [0.5, 0.6) is 11.5 Å². The minimum absolute atomic E-state index is 0.140. The Hall–Kier alpha value is -2.77. The van der Waals surface area contributed by atoms with Crippen LogP contribution in [0.2, 0.25) is 0 Å². The number of carbonyl (C=O) groups excluding carboxylic acids is 1. The first kappa shape index (κ1) is 16.1. The second-order valence-electron chi connectivity index (χ2n) is 5.58. The summed E-state index contributed by atoms with van der Waals surface area (Å²) >= 11 is 0. The molecule has 1 aliphatic heterocycles. The van der Waals surface area contributed by atoms with E-state index in [1.54, 1.807) is 29.9 Å². The predicted molar refractivity (Wildman–Crippen MR) is 87.6 cm³/mol. The second-order valence-corrected chi connectivity index (χ2v) is 5.58. The summed E-state index contributed by atoms with van der Waals surface area (Å²) in [5.74, 6) is 1.51. The molecule has 0 radical (unpaired) electrons. The van der Waals surface area contributed by atoms with Crippen molar-refractivity contribution in [2.75, 3.05) is 19.5 Å². The molecular weight excluding hydrogens is 312 g/mol. The number of amides is 1. The molecule has 3 rings (SSSR count). The van der Waals surface area contributed by atoms with Gasteiger partial charge in [-0.15, -0.1) is 0 Å². The number of fused-ring (bicyclic) bond motifs is 1. The Kier molecular flexibility index (Phi) is 4.54. The molecule has 0 unspecified atom stereocenters. The number of anilines is 1. The number of benzene rings is 1. The van der Waals surface area contributed by atoms with Gasteiger partial charge in [0.15, 0.2) is 0 Å². The van der Waals surface area contributed by atoms with Gasteiger partial charge in [-0.2, -0.15) is 5.10 Å². The molecule has 0 saturated carbocycles. The maximum atomic E-state index is 12.3. The molecule has 1 amide bonds. The molecule has 8 heteroatoms. The zero-order chi connectivity index (χ0) is 17.1. The summed E-state index contributed by atoms with van der Waals surface area (Å²) in [6, 6.07) is 5.11. The molecule has 24 heavy (non-hydrogen) atoms. The Morgan fingerprint density at radius 3 is 2.83 bits per heavy atom. The van der Waals surface area contributed by atoms with Gasteiger partial charge in [-0.25, -0.2) is 9.48 Å². The van der Waals surface area contributed by atoms with Crippen LogP contribution in [0.3, 0.4) is 0 Å². The van der Waals surface area contributed by atoms with E-state index < -0.39 is 0 Å². The van der Waals surface area contributed by atoms with E-state index in [1.807, 2.05) is 0 Å². The molecule has 0 bridgehead atoms. The molecule has 0 atom stereocenters. The first-order valence-electron chi connectivity index (χ1n) is 7.81. The van der Waals surface area contributed by atoms with E-state index in [-0.39, 0.29) is 18.1 Å². The highest BCUT2D eigenvalue weighted by molar-refractivity contribution is 5.92. The SMILES string of the molecule is COc1ccc(OC)c(NC(=O)Cn2nc3n(c2=O)CCCC3)c1. The van der Waals surface area contributed by atoms with Gasteiger partial charge in [0, 0.05) is 19.0 Å². The van der Waals surface area contributed by atoms with E-state index in [2.05, 4.69) is 10.4 Å². The van der Waals surface area contributed by atoms with Crippen molar-refractivity contribution in [1.82, 2.24) is 14.3 Å². The summed E-state index contributed by atoms with van der Waals surface area (Å²) in [6.45, 7) is 0.526. The standard InChI is InChI=1S/C16H20N4O4/c1-23-11-6-7-13(24-2)12(9-11)17-15(21)10-20-16(22)19-8-4-3-5-14(19)18-20/h6-7,9H,3-5,8,10H2,1-2H3,(H,17,21). The molecule has 1 aromatic carbocycles. The second kappa shape index (κ2) is 6.77. The molecule has 1 aliphatic rings. The number of carbonyl (C=O) groups is 1. The molecule has 8 nitrogen and oxygen atoms in total. The molecular formula is C16H20N4O4. The van der Waals surface area contributed by atoms with Crippen molar-refractivity contribution in [1.29, 1.82) is 0 Å². The summed E-state index contributed by atoms with van der Waals surface area (Å²) in [5, 5.41) is 7.00. The first-order chi connectivity index (χ1) is 11.6. The molecule has 0 spiro atoms. The van der Waals surface area contributed by atoms with Gasteiger partial charge in [-0.1, -0.05) is 0 Å². The Labute approximate surface area is 139 Å². The highest BCUT2D eigenvalue weighted by Gasteiger charge is 2.18. The van der Waals surface area contributed by atoms with Crippen LogP contribution in [0.15, 0.2) is 23.0 Å². The maximum absolute atomic E-state index is 12.3. The van der Waals surface area contributed by atoms with E-state index in [4.69, 9.17) is 9.47 Å². The molecule has 2 heterocycles. The predicted octanol–water partition coefficient (Wildman–Crippen LogP) is 1.04. The molecule has 1 N–H and O–H groups in total. The zero-order valence-electron chi connectivity index (χ0n) is 13.7. The van der Waals surface area contributed by atoms with Crippen LogP contribution in [0.4, 0.5) is 5.69 Å². The monoisotopic (exact) mass is 332 g/mol. The molecule has 0 aliphatic carbocycles. The molecule has 0 saturated heterocycles. The molecule has 128 valence electrons. The number of ether oxygens (including phenoxy) is 2. The summed E-state index contributed by atoms with van der Waals surface area (Å²) in [6.07, 6.45) is 2.75. The summed E-state index contributed by atoms with van der Waals surface area (Å²) < 4.78 is 13.2. The van der Waals surface area contributed by atoms with Crippen LogP contribution in [0.25, 0.3) is 0 Å². The highest BCUT2D eigenvalue weighted by atomic mass is 16.5. The highest BCUT2D eigenvalue weighted by Crippen LogP contribution is 2.28. The summed E-state index contributed by atoms with van der Waals surface area (Å²) in [7, 11) is 3.06. The maximum Gasteiger partial charge on any atom is 0.346 e. The number of rotatable bonds is 5. The van der Waals surface area contributed by atoms with E-state index in [9.17, 15) is 9.59 Å². The van der Waals surface area contributed by atoms with Crippen LogP contribution in [0.1, 0.15) is 18.7 Å². The lowest BCUT2D eigenvalue weighted by molar-refractivity contribution is -0.117. The van der Waals surface area contributed by atoms with Crippen molar-refractivity contribution < 1.29 is 14.3 Å². The van der Waals surface area contributed by atoms with Crippen molar-refractivity contribution in [3.8, 4) is 11.5 Å². The van der Waals surface area contributed by atoms with E-state index in [0.29, 0.717) is 23.7 Å². The zero-order valence-corrected chi connectivity index (χ0v) is 13.7. The normalized spacial score (nSPS) is 13.2. The van der Waals surface area contributed by atoms with Gasteiger partial charge in [0.25, 0.3) is 0 Å². The van der Waals surface area contributed by atoms with Crippen LogP contribution >= 0.6 is 0 Å². The fourth-order valence-electron chi connectivity index (χ4n) is 2.79. The van der Waals surface area contributed by atoms with Crippen LogP contribution in [-0.4, -0.2) is 34.5 Å². The van der Waals surface area contributed by atoms with Crippen LogP contribution in [-0.2, 0) is 24.3 Å². The Bertz CT molecular complexity index is 809. The van der Waals surface area contributed by atoms with E-state index in [1.165, 1.54) is 11.8 Å². The Morgan fingerprint density at radius 2 is 2.12 bits per heavy atom. The number of aromatic nitrogens is 3. The fourth-order valence-corrected chi connectivity index (χ4v) is 2.79. The molecule has 0 fully saturated rings. The number of hydrogen-bond donors (Lipinski definition) is 1. The van der Waals surface area contributed by atoms with Gasteiger partial charge in [-0.05, 0) is 25.0 Å². The van der Waals surface area contributed by atoms with Crippen molar-refractivity contribution in [3.05, 3.63) is 34.5 Å². The largest absolute Gasteiger partial charge is 0.497 e. The van der Waals surface area contributed by atoms with Gasteiger partial charge in [-0.3, -0.25) is 9.36 Å². The number of aryl methyl sites for hydroxylation is 1. The minimum atomic E-state index is -0.348. The van der Waals surface area contributed by atoms with E-state index >= 15 is 0 Å². The van der Waals surface area contributed by atoms with Crippen molar-refractivity contribution in [2.45, 2.75) is 32.4 Å². The Morgan fingerprint density at radius 1 is 1.29 bits per heavy atom. The topological polar surface area (TPSA) is 87.4 Å². The summed E-state index contributed by atoms with van der Waals surface area (Å²) in [4.78, 5) is 24.6. The van der Waals surface area contributed by atoms with Gasteiger partial charge in [0.2, 0.25) is 5.91 Å². The number of nitrogens with zero attached hydrogens (tertiary/aromatic N) is 3. The Balaban J connectivity index is 1.77. The number of nitrogens with one attached hydrogen (secondary N) is 1. The average Bonchev–Trinajstić information content (AvgIpc) is 2.91. The van der Waals surface area contributed by atoms with Gasteiger partial charge >= 0.3 is 5.69 Å². The van der Waals surface area contributed by atoms with Crippen molar-refractivity contribution >= 4 is 11.6 Å². The van der Waals surface area contributed by atoms with Crippen LogP contribution < -0.4 is 20.5 Å². The average molecular weight is 332 g/mol. The van der Waals surface area contributed by atoms with Crippen LogP contribution in [0, 0.1) is 0 Å². The third-order valence-corrected chi connectivity index (χ3v) is 4.01. The number of hydrogen-bond acceptors (Lipinski definition) is 5. The summed E-state index contributed by atoms with van der Waals surface area (Å²) in [5.41, 5.74) is 0.247. The number of methoxy groups -OCH3 is 2. The van der Waals surface area contributed by atoms with Crippen molar-refractivity contribution in [2.24, 2.45) is 0 Å². The lowest BCUT2D eigenvalue weighted by Crippen LogP contribution is -2.31. The smallest absolute Gasteiger partial charge is 0.346 e. The quantitative estimate of drug-likeness (QED) is 0.884. The van der Waals surface area contributed by atoms with E-state index in [0.717, 1.165) is 25.1 Å². The third kappa shape index (κ3) is 3.12. The molecule has 2 aromatic rings. The minimum Gasteiger partial charge on any atom is -0.497 e. The lowest BCUT2D eigenvalue weighted by atomic mass is 10.2. The van der Waals surface area contributed by atoms with Crippen molar-refractivity contribution in [3.63, 3.8) is 0 Å². The van der Waals surface area contributed by atoms with Gasteiger partial charge in [0.1, 0.15) is 23.9 Å². The third-order valence-electron chi connectivity index (χ3n) is 4.01. The lowest BCUT2D eigenvalue weighted by Gasteiger charge is -2.11. The first-order valence-corrected chi connectivity index (χ1v) is 7.81. The van der Waals surface area contributed by atoms with Gasteiger partial charge in [0.05, 0.1) is 19.9 Å².